The third kappa shape index (κ3) is 5.31. The Labute approximate surface area is 136 Å². The highest BCUT2D eigenvalue weighted by atomic mass is 16.7. The lowest BCUT2D eigenvalue weighted by Crippen LogP contribution is -2.23. The predicted molar refractivity (Wildman–Crippen MR) is 92.3 cm³/mol. The first kappa shape index (κ1) is 17.3. The highest BCUT2D eigenvalue weighted by Crippen LogP contribution is 2.28. The lowest BCUT2D eigenvalue weighted by Gasteiger charge is -2.27. The van der Waals surface area contributed by atoms with Crippen LogP contribution in [-0.2, 0) is 4.74 Å². The molecule has 1 saturated carbocycles. The number of hydrogen-bond acceptors (Lipinski definition) is 2. The quantitative estimate of drug-likeness (QED) is 0.595. The minimum absolute atomic E-state index is 0.172. The zero-order valence-corrected chi connectivity index (χ0v) is 14.7. The highest BCUT2D eigenvalue weighted by Gasteiger charge is 2.19. The van der Waals surface area contributed by atoms with Crippen molar-refractivity contribution in [1.29, 1.82) is 0 Å². The first-order valence-corrected chi connectivity index (χ1v) is 8.96. The number of hydrogen-bond donors (Lipinski definition) is 0. The van der Waals surface area contributed by atoms with Gasteiger partial charge in [-0.15, -0.1) is 0 Å². The summed E-state index contributed by atoms with van der Waals surface area (Å²) in [6.45, 7) is 9.66. The average Bonchev–Trinajstić information content (AvgIpc) is 2.54. The molecule has 0 amide bonds. The second-order valence-corrected chi connectivity index (χ2v) is 7.02. The van der Waals surface area contributed by atoms with E-state index in [1.807, 2.05) is 6.92 Å². The molecule has 0 bridgehead atoms. The molecule has 0 aliphatic heterocycles. The molecule has 1 aromatic carbocycles. The fourth-order valence-corrected chi connectivity index (χ4v) is 3.10. The van der Waals surface area contributed by atoms with Gasteiger partial charge in [-0.3, -0.25) is 0 Å². The Bertz CT molecular complexity index is 418. The molecule has 0 heterocycles. The van der Waals surface area contributed by atoms with Crippen LogP contribution in [0.2, 0.25) is 0 Å². The van der Waals surface area contributed by atoms with Gasteiger partial charge in [-0.25, -0.2) is 0 Å². The van der Waals surface area contributed by atoms with Crippen LogP contribution >= 0.6 is 0 Å². The molecule has 2 unspecified atom stereocenters. The summed E-state index contributed by atoms with van der Waals surface area (Å²) in [5, 5.41) is 0. The van der Waals surface area contributed by atoms with Gasteiger partial charge in [0, 0.05) is 0 Å². The first-order valence-electron chi connectivity index (χ1n) is 8.96. The molecule has 1 aromatic rings. The van der Waals surface area contributed by atoms with Gasteiger partial charge in [-0.05, 0) is 61.6 Å². The third-order valence-electron chi connectivity index (χ3n) is 5.07. The van der Waals surface area contributed by atoms with E-state index in [0.29, 0.717) is 5.92 Å². The topological polar surface area (TPSA) is 18.5 Å². The summed E-state index contributed by atoms with van der Waals surface area (Å²) in [5.74, 6) is 3.12. The van der Waals surface area contributed by atoms with Gasteiger partial charge in [0.2, 0.25) is 0 Å². The Kier molecular flexibility index (Phi) is 6.75. The standard InChI is InChI=1S/C20H32O2/c1-5-16(3)19-10-12-20(13-11-19)22-17(4)21-14-18-8-6-15(2)7-9-18/h10-13,15-18H,5-9,14H2,1-4H3. The van der Waals surface area contributed by atoms with E-state index >= 15 is 0 Å². The third-order valence-corrected chi connectivity index (χ3v) is 5.07. The molecule has 1 aliphatic rings. The summed E-state index contributed by atoms with van der Waals surface area (Å²) >= 11 is 0. The molecule has 0 spiro atoms. The van der Waals surface area contributed by atoms with Crippen molar-refractivity contribution in [2.45, 2.75) is 72.0 Å². The van der Waals surface area contributed by atoms with E-state index in [-0.39, 0.29) is 6.29 Å². The maximum atomic E-state index is 5.90. The second-order valence-electron chi connectivity index (χ2n) is 7.02. The van der Waals surface area contributed by atoms with Gasteiger partial charge in [0.1, 0.15) is 5.75 Å². The number of rotatable bonds is 7. The summed E-state index contributed by atoms with van der Waals surface area (Å²) in [7, 11) is 0. The van der Waals surface area contributed by atoms with Gasteiger partial charge in [0.25, 0.3) is 0 Å². The molecule has 2 heteroatoms. The SMILES string of the molecule is CCC(C)c1ccc(OC(C)OCC2CCC(C)CC2)cc1. The van der Waals surface area contributed by atoms with Crippen LogP contribution in [-0.4, -0.2) is 12.9 Å². The van der Waals surface area contributed by atoms with Crippen LogP contribution < -0.4 is 4.74 Å². The van der Waals surface area contributed by atoms with Crippen molar-refractivity contribution in [3.8, 4) is 5.75 Å². The molecular formula is C20H32O2. The fraction of sp³-hybridized carbons (Fsp3) is 0.700. The molecule has 2 nitrogen and oxygen atoms in total. The molecule has 1 fully saturated rings. The Hall–Kier alpha value is -1.02. The van der Waals surface area contributed by atoms with Crippen LogP contribution in [0.25, 0.3) is 0 Å². The second kappa shape index (κ2) is 8.57. The molecule has 0 radical (unpaired) electrons. The molecule has 124 valence electrons. The lowest BCUT2D eigenvalue weighted by molar-refractivity contribution is -0.0830. The van der Waals surface area contributed by atoms with Crippen LogP contribution in [0.4, 0.5) is 0 Å². The predicted octanol–water partition coefficient (Wildman–Crippen LogP) is 5.77. The van der Waals surface area contributed by atoms with Crippen LogP contribution in [0.1, 0.15) is 71.3 Å². The van der Waals surface area contributed by atoms with Gasteiger partial charge < -0.3 is 9.47 Å². The van der Waals surface area contributed by atoms with E-state index in [9.17, 15) is 0 Å². The van der Waals surface area contributed by atoms with Crippen LogP contribution in [0.3, 0.4) is 0 Å². The first-order chi connectivity index (χ1) is 10.6. The molecule has 0 N–H and O–H groups in total. The van der Waals surface area contributed by atoms with E-state index in [4.69, 9.17) is 9.47 Å². The van der Waals surface area contributed by atoms with Gasteiger partial charge in [0.15, 0.2) is 6.29 Å². The van der Waals surface area contributed by atoms with Crippen LogP contribution in [0, 0.1) is 11.8 Å². The monoisotopic (exact) mass is 304 g/mol. The zero-order valence-electron chi connectivity index (χ0n) is 14.7. The minimum atomic E-state index is -0.172. The maximum Gasteiger partial charge on any atom is 0.196 e. The summed E-state index contributed by atoms with van der Waals surface area (Å²) in [4.78, 5) is 0. The van der Waals surface area contributed by atoms with Gasteiger partial charge in [0.05, 0.1) is 6.61 Å². The largest absolute Gasteiger partial charge is 0.465 e. The van der Waals surface area contributed by atoms with E-state index in [1.165, 1.54) is 37.7 Å². The van der Waals surface area contributed by atoms with Crippen molar-refractivity contribution in [1.82, 2.24) is 0 Å². The van der Waals surface area contributed by atoms with E-state index in [2.05, 4.69) is 45.0 Å². The molecule has 1 aliphatic carbocycles. The Morgan fingerprint density at radius 1 is 1.05 bits per heavy atom. The average molecular weight is 304 g/mol. The highest BCUT2D eigenvalue weighted by molar-refractivity contribution is 5.29. The maximum absolute atomic E-state index is 5.90. The van der Waals surface area contributed by atoms with Crippen molar-refractivity contribution in [3.63, 3.8) is 0 Å². The fourth-order valence-electron chi connectivity index (χ4n) is 3.10. The molecule has 2 atom stereocenters. The number of benzene rings is 1. The zero-order chi connectivity index (χ0) is 15.9. The van der Waals surface area contributed by atoms with Crippen molar-refractivity contribution < 1.29 is 9.47 Å². The molecule has 22 heavy (non-hydrogen) atoms. The van der Waals surface area contributed by atoms with Crippen molar-refractivity contribution >= 4 is 0 Å². The molecule has 0 aromatic heterocycles. The normalized spacial score (nSPS) is 24.7. The number of ether oxygens (including phenoxy) is 2. The summed E-state index contributed by atoms with van der Waals surface area (Å²) in [6.07, 6.45) is 6.30. The van der Waals surface area contributed by atoms with Crippen molar-refractivity contribution in [2.24, 2.45) is 11.8 Å². The smallest absolute Gasteiger partial charge is 0.196 e. The molecule has 0 saturated heterocycles. The van der Waals surface area contributed by atoms with E-state index < -0.39 is 0 Å². The summed E-state index contributed by atoms with van der Waals surface area (Å²) < 4.78 is 11.8. The van der Waals surface area contributed by atoms with Crippen LogP contribution in [0.15, 0.2) is 24.3 Å². The van der Waals surface area contributed by atoms with Crippen LogP contribution in [0.5, 0.6) is 5.75 Å². The van der Waals surface area contributed by atoms with Crippen molar-refractivity contribution in [3.05, 3.63) is 29.8 Å². The lowest BCUT2D eigenvalue weighted by atomic mass is 9.83. The Balaban J connectivity index is 1.73. The minimum Gasteiger partial charge on any atom is -0.465 e. The molecular weight excluding hydrogens is 272 g/mol. The van der Waals surface area contributed by atoms with Crippen molar-refractivity contribution in [2.75, 3.05) is 6.61 Å². The van der Waals surface area contributed by atoms with Gasteiger partial charge in [-0.1, -0.05) is 45.7 Å². The summed E-state index contributed by atoms with van der Waals surface area (Å²) in [5.41, 5.74) is 1.37. The van der Waals surface area contributed by atoms with Gasteiger partial charge in [-0.2, -0.15) is 0 Å². The Morgan fingerprint density at radius 3 is 2.27 bits per heavy atom. The van der Waals surface area contributed by atoms with E-state index in [0.717, 1.165) is 24.2 Å². The molecule has 2 rings (SSSR count). The Morgan fingerprint density at radius 2 is 1.68 bits per heavy atom. The summed E-state index contributed by atoms with van der Waals surface area (Å²) in [6, 6.07) is 8.45. The van der Waals surface area contributed by atoms with E-state index in [1.54, 1.807) is 0 Å². The van der Waals surface area contributed by atoms with Gasteiger partial charge >= 0.3 is 0 Å².